The summed E-state index contributed by atoms with van der Waals surface area (Å²) in [5.74, 6) is 1.08. The highest BCUT2D eigenvalue weighted by Crippen LogP contribution is 2.40. The molecule has 2 aromatic rings. The molecule has 18 heavy (non-hydrogen) atoms. The molecule has 0 saturated heterocycles. The molecule has 5 heteroatoms. The van der Waals surface area contributed by atoms with Crippen LogP contribution in [0.15, 0.2) is 24.3 Å². The first kappa shape index (κ1) is 12.2. The van der Waals surface area contributed by atoms with Gasteiger partial charge in [0.1, 0.15) is 5.15 Å². The van der Waals surface area contributed by atoms with Crippen molar-refractivity contribution in [3.05, 3.63) is 45.2 Å². The molecule has 3 rings (SSSR count). The molecule has 0 aliphatic heterocycles. The monoisotopic (exact) mass is 298 g/mol. The predicted octanol–water partition coefficient (Wildman–Crippen LogP) is 4.98. The lowest BCUT2D eigenvalue weighted by atomic mass is 10.2. The van der Waals surface area contributed by atoms with Crippen LogP contribution in [0.1, 0.15) is 24.5 Å². The molecule has 1 aliphatic rings. The number of nitrogens with zero attached hydrogens (tertiary/aromatic N) is 2. The number of benzene rings is 1. The smallest absolute Gasteiger partial charge is 0.162 e. The van der Waals surface area contributed by atoms with Crippen molar-refractivity contribution in [1.29, 1.82) is 0 Å². The molecule has 0 bridgehead atoms. The van der Waals surface area contributed by atoms with Crippen molar-refractivity contribution in [3.63, 3.8) is 0 Å². The topological polar surface area (TPSA) is 25.8 Å². The van der Waals surface area contributed by atoms with Gasteiger partial charge >= 0.3 is 0 Å². The molecule has 1 aromatic carbocycles. The van der Waals surface area contributed by atoms with Crippen molar-refractivity contribution < 1.29 is 0 Å². The molecule has 0 radical (unpaired) electrons. The third kappa shape index (κ3) is 2.46. The van der Waals surface area contributed by atoms with E-state index in [-0.39, 0.29) is 0 Å². The first-order valence-electron chi connectivity index (χ1n) is 5.63. The number of hydrogen-bond donors (Lipinski definition) is 0. The van der Waals surface area contributed by atoms with Crippen LogP contribution < -0.4 is 0 Å². The number of hydrogen-bond acceptors (Lipinski definition) is 2. The lowest BCUT2D eigenvalue weighted by molar-refractivity contribution is 0.994. The minimum absolute atomic E-state index is 0.452. The van der Waals surface area contributed by atoms with E-state index in [1.165, 1.54) is 12.8 Å². The van der Waals surface area contributed by atoms with Crippen molar-refractivity contribution in [2.75, 3.05) is 0 Å². The van der Waals surface area contributed by atoms with Crippen LogP contribution in [0.4, 0.5) is 0 Å². The quantitative estimate of drug-likeness (QED) is 0.731. The van der Waals surface area contributed by atoms with Gasteiger partial charge in [0.05, 0.1) is 5.02 Å². The first-order chi connectivity index (χ1) is 8.63. The third-order valence-electron chi connectivity index (χ3n) is 2.88. The Morgan fingerprint density at radius 3 is 2.44 bits per heavy atom. The average molecular weight is 300 g/mol. The van der Waals surface area contributed by atoms with Gasteiger partial charge in [-0.1, -0.05) is 34.8 Å². The van der Waals surface area contributed by atoms with E-state index in [4.69, 9.17) is 34.8 Å². The zero-order valence-corrected chi connectivity index (χ0v) is 11.6. The summed E-state index contributed by atoms with van der Waals surface area (Å²) in [4.78, 5) is 8.76. The average Bonchev–Trinajstić information content (AvgIpc) is 3.11. The Morgan fingerprint density at radius 1 is 1.00 bits per heavy atom. The maximum atomic E-state index is 6.16. The highest BCUT2D eigenvalue weighted by Gasteiger charge is 2.26. The molecule has 1 heterocycles. The molecular formula is C13H9Cl3N2. The van der Waals surface area contributed by atoms with Crippen molar-refractivity contribution >= 4 is 34.8 Å². The number of aromatic nitrogens is 2. The standard InChI is InChI=1S/C13H9Cl3N2/c14-8-3-4-9(10(15)5-8)13-17-11(7-1-2-7)6-12(16)18-13/h3-7H,1-2H2. The van der Waals surface area contributed by atoms with Crippen LogP contribution in [-0.2, 0) is 0 Å². The highest BCUT2D eigenvalue weighted by molar-refractivity contribution is 6.36. The largest absolute Gasteiger partial charge is 0.233 e. The summed E-state index contributed by atoms with van der Waals surface area (Å²) in [6.45, 7) is 0. The summed E-state index contributed by atoms with van der Waals surface area (Å²) in [5.41, 5.74) is 1.75. The maximum absolute atomic E-state index is 6.16. The molecule has 92 valence electrons. The van der Waals surface area contributed by atoms with Crippen LogP contribution in [0, 0.1) is 0 Å². The van der Waals surface area contributed by atoms with Gasteiger partial charge in [-0.25, -0.2) is 9.97 Å². The van der Waals surface area contributed by atoms with E-state index >= 15 is 0 Å². The molecule has 0 unspecified atom stereocenters. The molecule has 1 saturated carbocycles. The Morgan fingerprint density at radius 2 is 1.78 bits per heavy atom. The van der Waals surface area contributed by atoms with Gasteiger partial charge in [0.2, 0.25) is 0 Å². The molecule has 0 atom stereocenters. The van der Waals surface area contributed by atoms with Gasteiger partial charge < -0.3 is 0 Å². The summed E-state index contributed by atoms with van der Waals surface area (Å²) in [5, 5.41) is 1.58. The predicted molar refractivity (Wildman–Crippen MR) is 74.5 cm³/mol. The number of rotatable bonds is 2. The van der Waals surface area contributed by atoms with Gasteiger partial charge in [-0.3, -0.25) is 0 Å². The van der Waals surface area contributed by atoms with Gasteiger partial charge in [-0.2, -0.15) is 0 Å². The summed E-state index contributed by atoms with van der Waals surface area (Å²) in [6.07, 6.45) is 2.34. The van der Waals surface area contributed by atoms with E-state index in [0.29, 0.717) is 26.9 Å². The van der Waals surface area contributed by atoms with E-state index < -0.39 is 0 Å². The molecule has 0 amide bonds. The zero-order valence-electron chi connectivity index (χ0n) is 9.33. The molecule has 0 N–H and O–H groups in total. The lowest BCUT2D eigenvalue weighted by Gasteiger charge is -2.06. The van der Waals surface area contributed by atoms with Crippen molar-refractivity contribution in [2.24, 2.45) is 0 Å². The van der Waals surface area contributed by atoms with Gasteiger partial charge in [0, 0.05) is 22.2 Å². The van der Waals surface area contributed by atoms with E-state index in [9.17, 15) is 0 Å². The van der Waals surface area contributed by atoms with Gasteiger partial charge in [-0.15, -0.1) is 0 Å². The highest BCUT2D eigenvalue weighted by atomic mass is 35.5. The van der Waals surface area contributed by atoms with Crippen molar-refractivity contribution in [1.82, 2.24) is 9.97 Å². The second-order valence-electron chi connectivity index (χ2n) is 4.34. The second-order valence-corrected chi connectivity index (χ2v) is 5.57. The molecular weight excluding hydrogens is 291 g/mol. The molecule has 1 fully saturated rings. The van der Waals surface area contributed by atoms with E-state index in [1.54, 1.807) is 12.1 Å². The Labute approximate surface area is 120 Å². The van der Waals surface area contributed by atoms with Crippen LogP contribution in [-0.4, -0.2) is 9.97 Å². The third-order valence-corrected chi connectivity index (χ3v) is 3.62. The SMILES string of the molecule is Clc1ccc(-c2nc(Cl)cc(C3CC3)n2)c(Cl)c1. The summed E-state index contributed by atoms with van der Waals surface area (Å²) >= 11 is 18.1. The van der Waals surface area contributed by atoms with Crippen LogP contribution >= 0.6 is 34.8 Å². The van der Waals surface area contributed by atoms with Crippen LogP contribution in [0.5, 0.6) is 0 Å². The molecule has 0 spiro atoms. The Balaban J connectivity index is 2.10. The van der Waals surface area contributed by atoms with Gasteiger partial charge in [0.25, 0.3) is 0 Å². The van der Waals surface area contributed by atoms with Crippen molar-refractivity contribution in [3.8, 4) is 11.4 Å². The minimum atomic E-state index is 0.452. The summed E-state index contributed by atoms with van der Waals surface area (Å²) in [6, 6.07) is 7.09. The fourth-order valence-corrected chi connectivity index (χ4v) is 2.50. The normalized spacial score (nSPS) is 14.8. The Bertz CT molecular complexity index is 609. The molecule has 2 nitrogen and oxygen atoms in total. The summed E-state index contributed by atoms with van der Waals surface area (Å²) in [7, 11) is 0. The maximum Gasteiger partial charge on any atom is 0.162 e. The second kappa shape index (κ2) is 4.69. The van der Waals surface area contributed by atoms with E-state index in [0.717, 1.165) is 11.3 Å². The van der Waals surface area contributed by atoms with Crippen LogP contribution in [0.3, 0.4) is 0 Å². The van der Waals surface area contributed by atoms with Gasteiger partial charge in [0.15, 0.2) is 5.82 Å². The fraction of sp³-hybridized carbons (Fsp3) is 0.231. The first-order valence-corrected chi connectivity index (χ1v) is 6.77. The van der Waals surface area contributed by atoms with E-state index in [1.807, 2.05) is 12.1 Å². The number of halogens is 3. The zero-order chi connectivity index (χ0) is 12.7. The Hall–Kier alpha value is -0.830. The molecule has 1 aromatic heterocycles. The minimum Gasteiger partial charge on any atom is -0.233 e. The van der Waals surface area contributed by atoms with E-state index in [2.05, 4.69) is 9.97 Å². The van der Waals surface area contributed by atoms with Crippen LogP contribution in [0.2, 0.25) is 15.2 Å². The van der Waals surface area contributed by atoms with Crippen molar-refractivity contribution in [2.45, 2.75) is 18.8 Å². The molecule has 1 aliphatic carbocycles. The van der Waals surface area contributed by atoms with Gasteiger partial charge in [-0.05, 0) is 37.1 Å². The lowest BCUT2D eigenvalue weighted by Crippen LogP contribution is -1.95. The Kier molecular flexibility index (Phi) is 3.18. The van der Waals surface area contributed by atoms with Crippen LogP contribution in [0.25, 0.3) is 11.4 Å². The fourth-order valence-electron chi connectivity index (χ4n) is 1.81. The summed E-state index contributed by atoms with van der Waals surface area (Å²) < 4.78 is 0.